The van der Waals surface area contributed by atoms with E-state index < -0.39 is 0 Å². The number of rotatable bonds is 3. The van der Waals surface area contributed by atoms with Crippen molar-refractivity contribution >= 4 is 23.2 Å². The van der Waals surface area contributed by atoms with E-state index in [0.29, 0.717) is 22.0 Å². The summed E-state index contributed by atoms with van der Waals surface area (Å²) in [5.74, 6) is 0.508. The number of nitrogens with one attached hydrogen (secondary N) is 1. The minimum Gasteiger partial charge on any atom is -0.384 e. The number of hydrogen-bond acceptors (Lipinski definition) is 2. The van der Waals surface area contributed by atoms with E-state index in [9.17, 15) is 0 Å². The second kappa shape index (κ2) is 5.25. The quantitative estimate of drug-likeness (QED) is 0.920. The fourth-order valence-electron chi connectivity index (χ4n) is 3.85. The molecule has 1 aromatic carbocycles. The van der Waals surface area contributed by atoms with E-state index >= 15 is 0 Å². The number of piperidine rings is 1. The minimum absolute atomic E-state index is 0.208. The molecule has 2 fully saturated rings. The van der Waals surface area contributed by atoms with Gasteiger partial charge >= 0.3 is 0 Å². The first-order valence-electron chi connectivity index (χ1n) is 6.83. The maximum Gasteiger partial charge on any atom is 0.0595 e. The Morgan fingerprint density at radius 2 is 2.21 bits per heavy atom. The van der Waals surface area contributed by atoms with Gasteiger partial charge in [-0.3, -0.25) is 0 Å². The molecule has 3 rings (SSSR count). The summed E-state index contributed by atoms with van der Waals surface area (Å²) in [6.45, 7) is 1.82. The van der Waals surface area contributed by atoms with Gasteiger partial charge in [-0.15, -0.1) is 0 Å². The molecule has 4 heteroatoms. The summed E-state index contributed by atoms with van der Waals surface area (Å²) in [5.41, 5.74) is 1.54. The van der Waals surface area contributed by atoms with E-state index in [2.05, 4.69) is 17.4 Å². The summed E-state index contributed by atoms with van der Waals surface area (Å²) >= 11 is 12.3. The molecule has 0 unspecified atom stereocenters. The van der Waals surface area contributed by atoms with Crippen LogP contribution in [0.25, 0.3) is 0 Å². The highest BCUT2D eigenvalue weighted by molar-refractivity contribution is 6.42. The third-order valence-electron chi connectivity index (χ3n) is 4.85. The lowest BCUT2D eigenvalue weighted by atomic mass is 9.67. The monoisotopic (exact) mass is 299 g/mol. The molecule has 1 aromatic rings. The van der Waals surface area contributed by atoms with Gasteiger partial charge in [0, 0.05) is 31.0 Å². The lowest BCUT2D eigenvalue weighted by Crippen LogP contribution is -2.48. The van der Waals surface area contributed by atoms with E-state index in [1.165, 1.54) is 24.8 Å². The van der Waals surface area contributed by atoms with Crippen LogP contribution in [0.2, 0.25) is 10.0 Å². The second-order valence-electron chi connectivity index (χ2n) is 5.79. The molecule has 0 aromatic heterocycles. The fourth-order valence-corrected chi connectivity index (χ4v) is 4.15. The van der Waals surface area contributed by atoms with Crippen molar-refractivity contribution in [3.05, 3.63) is 33.8 Å². The topological polar surface area (TPSA) is 21.3 Å². The SMILES string of the molecule is COC[C@@H]1CN[C@H]2CC[C@]1(c1ccc(Cl)c(Cl)c1)C2. The number of halogens is 2. The molecule has 19 heavy (non-hydrogen) atoms. The van der Waals surface area contributed by atoms with Gasteiger partial charge in [-0.25, -0.2) is 0 Å². The summed E-state index contributed by atoms with van der Waals surface area (Å²) in [4.78, 5) is 0. The maximum atomic E-state index is 6.21. The summed E-state index contributed by atoms with van der Waals surface area (Å²) in [6.07, 6.45) is 3.62. The van der Waals surface area contributed by atoms with Crippen molar-refractivity contribution < 1.29 is 4.74 Å². The third kappa shape index (κ3) is 2.29. The predicted octanol–water partition coefficient (Wildman–Crippen LogP) is 3.65. The molecule has 0 radical (unpaired) electrons. The Morgan fingerprint density at radius 3 is 2.95 bits per heavy atom. The van der Waals surface area contributed by atoms with Gasteiger partial charge in [0.15, 0.2) is 0 Å². The van der Waals surface area contributed by atoms with E-state index in [0.717, 1.165) is 13.2 Å². The molecule has 0 spiro atoms. The van der Waals surface area contributed by atoms with Gasteiger partial charge < -0.3 is 10.1 Å². The molecular formula is C15H19Cl2NO. The Labute approximate surface area is 124 Å². The number of hydrogen-bond donors (Lipinski definition) is 1. The first-order chi connectivity index (χ1) is 9.15. The average molecular weight is 300 g/mol. The zero-order valence-corrected chi connectivity index (χ0v) is 12.6. The highest BCUT2D eigenvalue weighted by Crippen LogP contribution is 2.50. The average Bonchev–Trinajstić information content (AvgIpc) is 2.76. The van der Waals surface area contributed by atoms with E-state index in [-0.39, 0.29) is 5.41 Å². The smallest absolute Gasteiger partial charge is 0.0595 e. The van der Waals surface area contributed by atoms with Crippen LogP contribution in [0.15, 0.2) is 18.2 Å². The molecule has 1 saturated heterocycles. The normalized spacial score (nSPS) is 33.6. The Kier molecular flexibility index (Phi) is 3.78. The summed E-state index contributed by atoms with van der Waals surface area (Å²) in [7, 11) is 1.78. The highest BCUT2D eigenvalue weighted by atomic mass is 35.5. The van der Waals surface area contributed by atoms with Crippen molar-refractivity contribution in [3.8, 4) is 0 Å². The van der Waals surface area contributed by atoms with Crippen LogP contribution in [-0.4, -0.2) is 26.3 Å². The van der Waals surface area contributed by atoms with Crippen LogP contribution in [0, 0.1) is 5.92 Å². The molecule has 2 bridgehead atoms. The Balaban J connectivity index is 2.00. The van der Waals surface area contributed by atoms with Gasteiger partial charge in [0.25, 0.3) is 0 Å². The molecule has 3 atom stereocenters. The zero-order chi connectivity index (χ0) is 13.5. The summed E-state index contributed by atoms with van der Waals surface area (Å²) in [5, 5.41) is 4.92. The predicted molar refractivity (Wildman–Crippen MR) is 79.1 cm³/mol. The molecule has 104 valence electrons. The molecular weight excluding hydrogens is 281 g/mol. The van der Waals surface area contributed by atoms with E-state index in [4.69, 9.17) is 27.9 Å². The van der Waals surface area contributed by atoms with Gasteiger partial charge in [0.1, 0.15) is 0 Å². The molecule has 1 N–H and O–H groups in total. The lowest BCUT2D eigenvalue weighted by Gasteiger charge is -2.42. The van der Waals surface area contributed by atoms with E-state index in [1.807, 2.05) is 6.07 Å². The number of fused-ring (bicyclic) bond motifs is 2. The van der Waals surface area contributed by atoms with Crippen LogP contribution >= 0.6 is 23.2 Å². The van der Waals surface area contributed by atoms with Crippen LogP contribution in [0.1, 0.15) is 24.8 Å². The van der Waals surface area contributed by atoms with Crippen LogP contribution in [0.4, 0.5) is 0 Å². The molecule has 2 aliphatic rings. The standard InChI is InChI=1S/C15H19Cl2NO/c1-19-9-11-8-18-12-4-5-15(11,7-12)10-2-3-13(16)14(17)6-10/h2-3,6,11-12,18H,4-5,7-9H2,1H3/t11-,12-,15+/m0/s1. The summed E-state index contributed by atoms with van der Waals surface area (Å²) < 4.78 is 5.43. The van der Waals surface area contributed by atoms with Crippen molar-refractivity contribution in [2.45, 2.75) is 30.7 Å². The van der Waals surface area contributed by atoms with Crippen molar-refractivity contribution in [1.29, 1.82) is 0 Å². The second-order valence-corrected chi connectivity index (χ2v) is 6.60. The number of ether oxygens (including phenoxy) is 1. The van der Waals surface area contributed by atoms with Gasteiger partial charge in [0.2, 0.25) is 0 Å². The van der Waals surface area contributed by atoms with Crippen LogP contribution in [0.3, 0.4) is 0 Å². The molecule has 1 aliphatic carbocycles. The van der Waals surface area contributed by atoms with Gasteiger partial charge in [-0.1, -0.05) is 29.3 Å². The lowest BCUT2D eigenvalue weighted by molar-refractivity contribution is 0.0889. The van der Waals surface area contributed by atoms with Gasteiger partial charge in [0.05, 0.1) is 16.7 Å². The van der Waals surface area contributed by atoms with Crippen molar-refractivity contribution in [2.75, 3.05) is 20.3 Å². The van der Waals surface area contributed by atoms with Crippen molar-refractivity contribution in [3.63, 3.8) is 0 Å². The van der Waals surface area contributed by atoms with E-state index in [1.54, 1.807) is 7.11 Å². The molecule has 0 amide bonds. The van der Waals surface area contributed by atoms with Gasteiger partial charge in [-0.2, -0.15) is 0 Å². The molecule has 1 aliphatic heterocycles. The van der Waals surface area contributed by atoms with Crippen molar-refractivity contribution in [1.82, 2.24) is 5.32 Å². The summed E-state index contributed by atoms with van der Waals surface area (Å²) in [6, 6.07) is 6.76. The number of methoxy groups -OCH3 is 1. The molecule has 1 heterocycles. The largest absolute Gasteiger partial charge is 0.384 e. The number of benzene rings is 1. The zero-order valence-electron chi connectivity index (χ0n) is 11.1. The first-order valence-corrected chi connectivity index (χ1v) is 7.59. The molecule has 2 nitrogen and oxygen atoms in total. The van der Waals surface area contributed by atoms with Gasteiger partial charge in [-0.05, 0) is 37.0 Å². The minimum atomic E-state index is 0.208. The Hall–Kier alpha value is -0.280. The van der Waals surface area contributed by atoms with Crippen molar-refractivity contribution in [2.24, 2.45) is 5.92 Å². The molecule has 1 saturated carbocycles. The fraction of sp³-hybridized carbons (Fsp3) is 0.600. The van der Waals surface area contributed by atoms with Crippen LogP contribution in [-0.2, 0) is 10.2 Å². The maximum absolute atomic E-state index is 6.21. The Morgan fingerprint density at radius 1 is 1.37 bits per heavy atom. The van der Waals surface area contributed by atoms with Crippen LogP contribution in [0.5, 0.6) is 0 Å². The Bertz CT molecular complexity index is 479. The third-order valence-corrected chi connectivity index (χ3v) is 5.59. The highest BCUT2D eigenvalue weighted by Gasteiger charge is 2.49. The van der Waals surface area contributed by atoms with Crippen LogP contribution < -0.4 is 5.32 Å². The first kappa shape index (κ1) is 13.7.